The summed E-state index contributed by atoms with van der Waals surface area (Å²) in [6.45, 7) is 2.55. The van der Waals surface area contributed by atoms with Gasteiger partial charge in [0.15, 0.2) is 5.82 Å². The summed E-state index contributed by atoms with van der Waals surface area (Å²) in [7, 11) is 2.07. The van der Waals surface area contributed by atoms with E-state index in [-0.39, 0.29) is 6.10 Å². The Morgan fingerprint density at radius 3 is 2.87 bits per heavy atom. The minimum Gasteiger partial charge on any atom is -0.368 e. The largest absolute Gasteiger partial charge is 0.368 e. The van der Waals surface area contributed by atoms with Gasteiger partial charge >= 0.3 is 0 Å². The van der Waals surface area contributed by atoms with Crippen LogP contribution in [0.1, 0.15) is 17.5 Å². The first-order chi connectivity index (χ1) is 7.29. The number of hydrogen-bond acceptors (Lipinski definition) is 4. The molecular formula is C10H14ClN3O. The lowest BCUT2D eigenvalue weighted by Crippen LogP contribution is -2.36. The molecule has 0 spiro atoms. The summed E-state index contributed by atoms with van der Waals surface area (Å²) in [4.78, 5) is 10.7. The van der Waals surface area contributed by atoms with Gasteiger partial charge < -0.3 is 9.64 Å². The fraction of sp³-hybridized carbons (Fsp3) is 0.600. The van der Waals surface area contributed by atoms with Gasteiger partial charge in [-0.25, -0.2) is 9.97 Å². The van der Waals surface area contributed by atoms with E-state index in [1.807, 2.05) is 0 Å². The third-order valence-corrected chi connectivity index (χ3v) is 2.75. The lowest BCUT2D eigenvalue weighted by molar-refractivity contribution is -0.0255. The molecule has 1 atom stereocenters. The van der Waals surface area contributed by atoms with Crippen LogP contribution in [0.4, 0.5) is 0 Å². The fourth-order valence-electron chi connectivity index (χ4n) is 1.53. The molecule has 0 aromatic carbocycles. The summed E-state index contributed by atoms with van der Waals surface area (Å²) in [5.41, 5.74) is 0.935. The molecule has 4 nitrogen and oxygen atoms in total. The Bertz CT molecular complexity index is 317. The highest BCUT2D eigenvalue weighted by molar-refractivity contribution is 6.17. The Morgan fingerprint density at radius 2 is 2.27 bits per heavy atom. The number of ether oxygens (including phenoxy) is 1. The summed E-state index contributed by atoms with van der Waals surface area (Å²) in [6.07, 6.45) is 3.51. The second-order valence-electron chi connectivity index (χ2n) is 3.70. The SMILES string of the molecule is CN1CCOC(c2ncc(CCl)cn2)C1. The van der Waals surface area contributed by atoms with Gasteiger partial charge in [0.1, 0.15) is 6.10 Å². The van der Waals surface area contributed by atoms with Crippen molar-refractivity contribution in [1.29, 1.82) is 0 Å². The first kappa shape index (κ1) is 10.8. The summed E-state index contributed by atoms with van der Waals surface area (Å²) in [5, 5.41) is 0. The van der Waals surface area contributed by atoms with E-state index < -0.39 is 0 Å². The third-order valence-electron chi connectivity index (χ3n) is 2.44. The third kappa shape index (κ3) is 2.65. The number of nitrogens with zero attached hydrogens (tertiary/aromatic N) is 3. The second-order valence-corrected chi connectivity index (χ2v) is 3.97. The predicted octanol–water partition coefficient (Wildman–Crippen LogP) is 1.22. The van der Waals surface area contributed by atoms with Crippen LogP contribution in [0.3, 0.4) is 0 Å². The Balaban J connectivity index is 2.07. The molecule has 0 saturated carbocycles. The van der Waals surface area contributed by atoms with E-state index in [2.05, 4.69) is 21.9 Å². The molecule has 0 aliphatic carbocycles. The Kier molecular flexibility index (Phi) is 3.51. The zero-order valence-electron chi connectivity index (χ0n) is 8.69. The molecule has 1 aliphatic rings. The van der Waals surface area contributed by atoms with Crippen molar-refractivity contribution in [2.75, 3.05) is 26.7 Å². The molecule has 5 heteroatoms. The minimum atomic E-state index is -0.00637. The topological polar surface area (TPSA) is 38.2 Å². The number of aromatic nitrogens is 2. The Hall–Kier alpha value is -0.710. The quantitative estimate of drug-likeness (QED) is 0.713. The predicted molar refractivity (Wildman–Crippen MR) is 57.8 cm³/mol. The molecule has 0 amide bonds. The van der Waals surface area contributed by atoms with Crippen LogP contribution in [-0.4, -0.2) is 41.6 Å². The maximum absolute atomic E-state index is 5.67. The molecule has 1 saturated heterocycles. The smallest absolute Gasteiger partial charge is 0.158 e. The molecule has 1 unspecified atom stereocenters. The number of morpholine rings is 1. The van der Waals surface area contributed by atoms with Gasteiger partial charge in [-0.1, -0.05) is 0 Å². The van der Waals surface area contributed by atoms with Crippen molar-refractivity contribution in [2.24, 2.45) is 0 Å². The minimum absolute atomic E-state index is 0.00637. The molecule has 1 aromatic heterocycles. The van der Waals surface area contributed by atoms with E-state index in [1.54, 1.807) is 12.4 Å². The van der Waals surface area contributed by atoms with Gasteiger partial charge in [0, 0.05) is 31.0 Å². The van der Waals surface area contributed by atoms with Gasteiger partial charge in [-0.2, -0.15) is 0 Å². The fourth-order valence-corrected chi connectivity index (χ4v) is 1.67. The molecular weight excluding hydrogens is 214 g/mol. The molecule has 2 rings (SSSR count). The lowest BCUT2D eigenvalue weighted by Gasteiger charge is -2.28. The Morgan fingerprint density at radius 1 is 1.53 bits per heavy atom. The molecule has 0 N–H and O–H groups in total. The van der Waals surface area contributed by atoms with Crippen LogP contribution in [0.25, 0.3) is 0 Å². The van der Waals surface area contributed by atoms with Gasteiger partial charge in [-0.3, -0.25) is 0 Å². The number of likely N-dealkylation sites (N-methyl/N-ethyl adjacent to an activating group) is 1. The number of alkyl halides is 1. The van der Waals surface area contributed by atoms with Crippen LogP contribution in [0, 0.1) is 0 Å². The van der Waals surface area contributed by atoms with Crippen molar-refractivity contribution in [3.8, 4) is 0 Å². The van der Waals surface area contributed by atoms with Crippen molar-refractivity contribution >= 4 is 11.6 Å². The average molecular weight is 228 g/mol. The van der Waals surface area contributed by atoms with E-state index in [0.717, 1.165) is 31.1 Å². The highest BCUT2D eigenvalue weighted by atomic mass is 35.5. The van der Waals surface area contributed by atoms with E-state index in [9.17, 15) is 0 Å². The Labute approximate surface area is 94.2 Å². The van der Waals surface area contributed by atoms with Crippen LogP contribution >= 0.6 is 11.6 Å². The van der Waals surface area contributed by atoms with Crippen molar-refractivity contribution < 1.29 is 4.74 Å². The van der Waals surface area contributed by atoms with Crippen molar-refractivity contribution in [3.05, 3.63) is 23.8 Å². The summed E-state index contributed by atoms with van der Waals surface area (Å²) in [5.74, 6) is 1.20. The van der Waals surface area contributed by atoms with Crippen LogP contribution in [0.5, 0.6) is 0 Å². The van der Waals surface area contributed by atoms with Crippen LogP contribution in [-0.2, 0) is 10.6 Å². The lowest BCUT2D eigenvalue weighted by atomic mass is 10.2. The van der Waals surface area contributed by atoms with Crippen LogP contribution in [0.15, 0.2) is 12.4 Å². The standard InChI is InChI=1S/C10H14ClN3O/c1-14-2-3-15-9(7-14)10-12-5-8(4-11)6-13-10/h5-6,9H,2-4,7H2,1H3. The molecule has 2 heterocycles. The number of rotatable bonds is 2. The molecule has 0 radical (unpaired) electrons. The highest BCUT2D eigenvalue weighted by Gasteiger charge is 2.21. The zero-order chi connectivity index (χ0) is 10.7. The highest BCUT2D eigenvalue weighted by Crippen LogP contribution is 2.17. The van der Waals surface area contributed by atoms with Gasteiger partial charge in [-0.05, 0) is 7.05 Å². The van der Waals surface area contributed by atoms with Crippen LogP contribution < -0.4 is 0 Å². The van der Waals surface area contributed by atoms with Crippen molar-refractivity contribution in [2.45, 2.75) is 12.0 Å². The first-order valence-electron chi connectivity index (χ1n) is 4.96. The normalized spacial score (nSPS) is 22.9. The summed E-state index contributed by atoms with van der Waals surface area (Å²) < 4.78 is 5.61. The molecule has 1 aromatic rings. The zero-order valence-corrected chi connectivity index (χ0v) is 9.44. The van der Waals surface area contributed by atoms with E-state index in [1.165, 1.54) is 0 Å². The molecule has 1 aliphatic heterocycles. The number of hydrogen-bond donors (Lipinski definition) is 0. The van der Waals surface area contributed by atoms with E-state index in [4.69, 9.17) is 16.3 Å². The van der Waals surface area contributed by atoms with Gasteiger partial charge in [-0.15, -0.1) is 11.6 Å². The van der Waals surface area contributed by atoms with Crippen molar-refractivity contribution in [3.63, 3.8) is 0 Å². The maximum Gasteiger partial charge on any atom is 0.158 e. The summed E-state index contributed by atoms with van der Waals surface area (Å²) >= 11 is 5.67. The van der Waals surface area contributed by atoms with E-state index in [0.29, 0.717) is 5.88 Å². The van der Waals surface area contributed by atoms with E-state index >= 15 is 0 Å². The van der Waals surface area contributed by atoms with Crippen LogP contribution in [0.2, 0.25) is 0 Å². The first-order valence-corrected chi connectivity index (χ1v) is 5.50. The summed E-state index contributed by atoms with van der Waals surface area (Å²) in [6, 6.07) is 0. The maximum atomic E-state index is 5.67. The van der Waals surface area contributed by atoms with Gasteiger partial charge in [0.05, 0.1) is 12.5 Å². The number of halogens is 1. The molecule has 82 valence electrons. The monoisotopic (exact) mass is 227 g/mol. The van der Waals surface area contributed by atoms with Gasteiger partial charge in [0.25, 0.3) is 0 Å². The average Bonchev–Trinajstić information content (AvgIpc) is 2.29. The molecule has 15 heavy (non-hydrogen) atoms. The second kappa shape index (κ2) is 4.88. The molecule has 0 bridgehead atoms. The van der Waals surface area contributed by atoms with Crippen molar-refractivity contribution in [1.82, 2.24) is 14.9 Å². The molecule has 1 fully saturated rings. The van der Waals surface area contributed by atoms with Gasteiger partial charge in [0.2, 0.25) is 0 Å².